The molecule has 1 fully saturated rings. The molecule has 1 aliphatic carbocycles. The van der Waals surface area contributed by atoms with Gasteiger partial charge in [-0.1, -0.05) is 113 Å². The van der Waals surface area contributed by atoms with Crippen molar-refractivity contribution >= 4 is 11.9 Å². The maximum Gasteiger partial charge on any atom is 0.326 e. The van der Waals surface area contributed by atoms with E-state index in [0.29, 0.717) is 12.3 Å². The van der Waals surface area contributed by atoms with Crippen LogP contribution in [-0.2, 0) is 22.4 Å². The van der Waals surface area contributed by atoms with Crippen LogP contribution in [0, 0.1) is 17.3 Å². The van der Waals surface area contributed by atoms with Crippen LogP contribution >= 0.6 is 0 Å². The number of carboxylic acid groups (broad SMARTS) is 1. The highest BCUT2D eigenvalue weighted by atomic mass is 16.5. The van der Waals surface area contributed by atoms with E-state index in [-0.39, 0.29) is 23.7 Å². The molecule has 3 aromatic rings. The lowest BCUT2D eigenvalue weighted by molar-refractivity contribution is -0.143. The number of carbonyl (C=O) groups is 2. The number of hydrogen-bond acceptors (Lipinski definition) is 3. The van der Waals surface area contributed by atoms with Gasteiger partial charge in [-0.2, -0.15) is 0 Å². The molecule has 1 amide bonds. The van der Waals surface area contributed by atoms with Gasteiger partial charge in [-0.15, -0.1) is 0 Å². The average Bonchev–Trinajstić information content (AvgIpc) is 2.99. The monoisotopic (exact) mass is 569 g/mol. The lowest BCUT2D eigenvalue weighted by Crippen LogP contribution is -2.47. The predicted molar refractivity (Wildman–Crippen MR) is 170 cm³/mol. The van der Waals surface area contributed by atoms with Crippen LogP contribution in [0.5, 0.6) is 5.75 Å². The highest BCUT2D eigenvalue weighted by Gasteiger charge is 2.33. The summed E-state index contributed by atoms with van der Waals surface area (Å²) in [5.41, 5.74) is 3.89. The number of para-hydroxylation sites is 1. The molecule has 1 aliphatic rings. The van der Waals surface area contributed by atoms with E-state index in [1.807, 2.05) is 81.4 Å². The summed E-state index contributed by atoms with van der Waals surface area (Å²) in [6.07, 6.45) is 9.08. The lowest BCUT2D eigenvalue weighted by Gasteiger charge is -2.31. The van der Waals surface area contributed by atoms with Gasteiger partial charge in [0, 0.05) is 17.9 Å². The maximum absolute atomic E-state index is 13.4. The number of ether oxygens (including phenoxy) is 1. The second-order valence-corrected chi connectivity index (χ2v) is 12.9. The van der Waals surface area contributed by atoms with Gasteiger partial charge < -0.3 is 15.2 Å². The van der Waals surface area contributed by atoms with E-state index in [1.54, 1.807) is 0 Å². The molecule has 2 N–H and O–H groups in total. The molecule has 0 heterocycles. The Morgan fingerprint density at radius 2 is 1.55 bits per heavy atom. The summed E-state index contributed by atoms with van der Waals surface area (Å²) < 4.78 is 6.28. The van der Waals surface area contributed by atoms with Crippen molar-refractivity contribution in [2.45, 2.75) is 84.6 Å². The molecule has 0 aliphatic heterocycles. The third-order valence-corrected chi connectivity index (χ3v) is 8.57. The molecular weight excluding hydrogens is 522 g/mol. The molecule has 3 aromatic carbocycles. The van der Waals surface area contributed by atoms with Crippen molar-refractivity contribution < 1.29 is 19.4 Å². The zero-order valence-electron chi connectivity index (χ0n) is 25.5. The summed E-state index contributed by atoms with van der Waals surface area (Å²) in [5.74, 6) is 0.0103. The topological polar surface area (TPSA) is 75.6 Å². The molecule has 0 aromatic heterocycles. The smallest absolute Gasteiger partial charge is 0.326 e. The molecule has 42 heavy (non-hydrogen) atoms. The molecule has 5 nitrogen and oxygen atoms in total. The molecule has 0 bridgehead atoms. The third-order valence-electron chi connectivity index (χ3n) is 8.57. The van der Waals surface area contributed by atoms with Gasteiger partial charge in [0.15, 0.2) is 0 Å². The number of nitrogens with one attached hydrogen (secondary N) is 1. The highest BCUT2D eigenvalue weighted by molar-refractivity contribution is 5.85. The van der Waals surface area contributed by atoms with Crippen molar-refractivity contribution in [3.63, 3.8) is 0 Å². The van der Waals surface area contributed by atoms with E-state index in [9.17, 15) is 14.7 Å². The zero-order valence-corrected chi connectivity index (χ0v) is 25.5. The number of amides is 1. The summed E-state index contributed by atoms with van der Waals surface area (Å²) in [6, 6.07) is 25.3. The van der Waals surface area contributed by atoms with Gasteiger partial charge in [-0.25, -0.2) is 4.79 Å². The van der Waals surface area contributed by atoms with E-state index < -0.39 is 12.0 Å². The van der Waals surface area contributed by atoms with Crippen LogP contribution in [0.15, 0.2) is 78.9 Å². The molecule has 2 atom stereocenters. The zero-order chi connectivity index (χ0) is 30.0. The van der Waals surface area contributed by atoms with Crippen molar-refractivity contribution in [3.8, 4) is 16.9 Å². The molecule has 0 saturated heterocycles. The van der Waals surface area contributed by atoms with Crippen molar-refractivity contribution in [2.75, 3.05) is 6.61 Å². The highest BCUT2D eigenvalue weighted by Crippen LogP contribution is 2.33. The Labute approximate surface area is 251 Å². The first-order chi connectivity index (χ1) is 20.2. The summed E-state index contributed by atoms with van der Waals surface area (Å²) in [7, 11) is 0. The minimum Gasteiger partial charge on any atom is -0.493 e. The first kappa shape index (κ1) is 31.3. The van der Waals surface area contributed by atoms with Gasteiger partial charge in [-0.3, -0.25) is 4.79 Å². The average molecular weight is 570 g/mol. The van der Waals surface area contributed by atoms with Gasteiger partial charge >= 0.3 is 5.97 Å². The Hall–Kier alpha value is -3.60. The Morgan fingerprint density at radius 1 is 0.881 bits per heavy atom. The minimum absolute atomic E-state index is 0.191. The second-order valence-electron chi connectivity index (χ2n) is 12.9. The first-order valence-electron chi connectivity index (χ1n) is 15.6. The van der Waals surface area contributed by atoms with Gasteiger partial charge in [0.05, 0.1) is 6.61 Å². The van der Waals surface area contributed by atoms with E-state index in [0.717, 1.165) is 41.9 Å². The molecule has 0 spiro atoms. The molecule has 0 unspecified atom stereocenters. The molecular formula is C37H47NO4. The van der Waals surface area contributed by atoms with Crippen LogP contribution in [0.1, 0.15) is 76.8 Å². The van der Waals surface area contributed by atoms with Crippen LogP contribution in [0.3, 0.4) is 0 Å². The molecule has 5 heteroatoms. The fraction of sp³-hybridized carbons (Fsp3) is 0.459. The van der Waals surface area contributed by atoms with Crippen LogP contribution in [0.2, 0.25) is 0 Å². The minimum atomic E-state index is -1.02. The van der Waals surface area contributed by atoms with E-state index in [2.05, 4.69) is 23.5 Å². The molecule has 4 rings (SSSR count). The fourth-order valence-corrected chi connectivity index (χ4v) is 6.03. The Bertz CT molecular complexity index is 1270. The number of benzene rings is 3. The van der Waals surface area contributed by atoms with Gasteiger partial charge in [0.2, 0.25) is 5.91 Å². The van der Waals surface area contributed by atoms with Gasteiger partial charge in [-0.05, 0) is 66.2 Å². The number of hydrogen-bond donors (Lipinski definition) is 2. The summed E-state index contributed by atoms with van der Waals surface area (Å²) >= 11 is 0. The fourth-order valence-electron chi connectivity index (χ4n) is 6.03. The maximum atomic E-state index is 13.4. The van der Waals surface area contributed by atoms with Gasteiger partial charge in [0.25, 0.3) is 0 Å². The number of carboxylic acids is 1. The van der Waals surface area contributed by atoms with Crippen molar-refractivity contribution in [1.82, 2.24) is 5.32 Å². The van der Waals surface area contributed by atoms with Crippen LogP contribution in [0.25, 0.3) is 11.1 Å². The largest absolute Gasteiger partial charge is 0.493 e. The van der Waals surface area contributed by atoms with E-state index in [4.69, 9.17) is 4.74 Å². The standard InChI is InChI=1S/C37H47NO4/c1-37(2,3)32(19-12-17-27-13-6-4-7-14-27)35(39)38-33(36(40)41)25-28-21-23-30(24-22-28)31-18-10-11-20-34(31)42-26-29-15-8-5-9-16-29/h4,6-7,10-11,13-14,18,20-24,29,32-33H,5,8-9,12,15-17,19,25-26H2,1-3H3,(H,38,39)(H,40,41)/t32-,33-/m0/s1. The van der Waals surface area contributed by atoms with Crippen molar-refractivity contribution in [2.24, 2.45) is 17.3 Å². The van der Waals surface area contributed by atoms with Crippen molar-refractivity contribution in [3.05, 3.63) is 90.0 Å². The van der Waals surface area contributed by atoms with Gasteiger partial charge in [0.1, 0.15) is 11.8 Å². The van der Waals surface area contributed by atoms with Crippen molar-refractivity contribution in [1.29, 1.82) is 0 Å². The van der Waals surface area contributed by atoms with Crippen LogP contribution in [-0.4, -0.2) is 29.6 Å². The van der Waals surface area contributed by atoms with E-state index >= 15 is 0 Å². The number of rotatable bonds is 13. The Kier molecular flexibility index (Phi) is 11.2. The second kappa shape index (κ2) is 15.0. The number of carbonyl (C=O) groups excluding carboxylic acids is 1. The quantitative estimate of drug-likeness (QED) is 0.218. The summed E-state index contributed by atoms with van der Waals surface area (Å²) in [4.78, 5) is 25.6. The predicted octanol–water partition coefficient (Wildman–Crippen LogP) is 8.11. The number of aliphatic carboxylic acids is 1. The van der Waals surface area contributed by atoms with Crippen LogP contribution in [0.4, 0.5) is 0 Å². The number of aryl methyl sites for hydroxylation is 1. The lowest BCUT2D eigenvalue weighted by atomic mass is 9.77. The Balaban J connectivity index is 1.38. The van der Waals surface area contributed by atoms with Crippen LogP contribution < -0.4 is 10.1 Å². The molecule has 1 saturated carbocycles. The summed E-state index contributed by atoms with van der Waals surface area (Å²) in [5, 5.41) is 12.9. The molecule has 224 valence electrons. The third kappa shape index (κ3) is 9.20. The van der Waals surface area contributed by atoms with E-state index in [1.165, 1.54) is 37.7 Å². The Morgan fingerprint density at radius 3 is 2.21 bits per heavy atom. The first-order valence-corrected chi connectivity index (χ1v) is 15.6. The molecule has 0 radical (unpaired) electrons. The summed E-state index contributed by atoms with van der Waals surface area (Å²) in [6.45, 7) is 6.89. The normalized spacial score (nSPS) is 15.5. The SMILES string of the molecule is CC(C)(C)[C@@H](CCCc1ccccc1)C(=O)N[C@@H](Cc1ccc(-c2ccccc2OCC2CCCCC2)cc1)C(=O)O.